The van der Waals surface area contributed by atoms with E-state index in [1.165, 1.54) is 0 Å². The predicted octanol–water partition coefficient (Wildman–Crippen LogP) is 0.276. The molecule has 0 saturated carbocycles. The van der Waals surface area contributed by atoms with Crippen LogP contribution in [0.5, 0.6) is 0 Å². The maximum absolute atomic E-state index is 12.0. The first kappa shape index (κ1) is 12.5. The van der Waals surface area contributed by atoms with E-state index in [0.29, 0.717) is 12.6 Å². The molecule has 0 aliphatic carbocycles. The second-order valence-electron chi connectivity index (χ2n) is 4.36. The molecule has 88 valence electrons. The molecular formula is C11H23N3O. The third-order valence-electron chi connectivity index (χ3n) is 3.35. The molecule has 0 aromatic carbocycles. The van der Waals surface area contributed by atoms with Crippen molar-refractivity contribution in [2.45, 2.75) is 38.8 Å². The summed E-state index contributed by atoms with van der Waals surface area (Å²) in [6.07, 6.45) is 2.11. The molecule has 0 bridgehead atoms. The standard InChI is InChI=1S/C11H23N3O/c1-4-9(2)14-7-5-6-13(3)11(15)10(14)8-12/h9-10H,4-8,12H2,1-3H3. The van der Waals surface area contributed by atoms with Crippen LogP contribution in [-0.4, -0.2) is 54.5 Å². The lowest BCUT2D eigenvalue weighted by molar-refractivity contribution is -0.134. The summed E-state index contributed by atoms with van der Waals surface area (Å²) >= 11 is 0. The molecule has 1 aliphatic heterocycles. The van der Waals surface area contributed by atoms with Crippen LogP contribution in [0.25, 0.3) is 0 Å². The minimum absolute atomic E-state index is 0.118. The summed E-state index contributed by atoms with van der Waals surface area (Å²) in [7, 11) is 1.87. The third kappa shape index (κ3) is 2.69. The van der Waals surface area contributed by atoms with Crippen LogP contribution in [0.2, 0.25) is 0 Å². The highest BCUT2D eigenvalue weighted by Crippen LogP contribution is 2.14. The van der Waals surface area contributed by atoms with Gasteiger partial charge in [-0.05, 0) is 19.8 Å². The topological polar surface area (TPSA) is 49.6 Å². The molecule has 2 N–H and O–H groups in total. The molecule has 1 amide bonds. The highest BCUT2D eigenvalue weighted by molar-refractivity contribution is 5.82. The Hall–Kier alpha value is -0.610. The van der Waals surface area contributed by atoms with Gasteiger partial charge in [-0.25, -0.2) is 0 Å². The smallest absolute Gasteiger partial charge is 0.240 e. The quantitative estimate of drug-likeness (QED) is 0.732. The number of likely N-dealkylation sites (N-methyl/N-ethyl adjacent to an activating group) is 1. The lowest BCUT2D eigenvalue weighted by Gasteiger charge is -2.33. The summed E-state index contributed by atoms with van der Waals surface area (Å²) in [5.41, 5.74) is 5.72. The lowest BCUT2D eigenvalue weighted by atomic mass is 10.1. The molecule has 4 heteroatoms. The Morgan fingerprint density at radius 2 is 2.20 bits per heavy atom. The van der Waals surface area contributed by atoms with Gasteiger partial charge >= 0.3 is 0 Å². The molecule has 0 radical (unpaired) electrons. The van der Waals surface area contributed by atoms with Crippen molar-refractivity contribution in [1.29, 1.82) is 0 Å². The number of hydrogen-bond acceptors (Lipinski definition) is 3. The van der Waals surface area contributed by atoms with Crippen molar-refractivity contribution < 1.29 is 4.79 Å². The normalized spacial score (nSPS) is 26.5. The number of rotatable bonds is 3. The van der Waals surface area contributed by atoms with Crippen molar-refractivity contribution in [3.63, 3.8) is 0 Å². The molecule has 1 fully saturated rings. The Kier molecular flexibility index (Phi) is 4.54. The molecule has 1 saturated heterocycles. The monoisotopic (exact) mass is 213 g/mol. The zero-order chi connectivity index (χ0) is 11.4. The largest absolute Gasteiger partial charge is 0.344 e. The Bertz CT molecular complexity index is 220. The highest BCUT2D eigenvalue weighted by Gasteiger charge is 2.31. The number of nitrogens with two attached hydrogens (primary N) is 1. The zero-order valence-electron chi connectivity index (χ0n) is 10.1. The van der Waals surface area contributed by atoms with Crippen LogP contribution in [0.4, 0.5) is 0 Å². The van der Waals surface area contributed by atoms with Gasteiger partial charge in [0.1, 0.15) is 6.04 Å². The fourth-order valence-electron chi connectivity index (χ4n) is 2.15. The van der Waals surface area contributed by atoms with Crippen molar-refractivity contribution in [3.8, 4) is 0 Å². The van der Waals surface area contributed by atoms with E-state index in [-0.39, 0.29) is 11.9 Å². The van der Waals surface area contributed by atoms with Crippen LogP contribution in [0.15, 0.2) is 0 Å². The SMILES string of the molecule is CCC(C)N1CCCN(C)C(=O)C1CN. The molecule has 0 aromatic heterocycles. The molecule has 2 unspecified atom stereocenters. The number of amides is 1. The van der Waals surface area contributed by atoms with E-state index in [9.17, 15) is 4.79 Å². The van der Waals surface area contributed by atoms with E-state index in [0.717, 1.165) is 25.9 Å². The molecule has 0 spiro atoms. The summed E-state index contributed by atoms with van der Waals surface area (Å²) in [5.74, 6) is 0.176. The molecule has 1 rings (SSSR count). The van der Waals surface area contributed by atoms with Crippen LogP contribution in [0.1, 0.15) is 26.7 Å². The number of hydrogen-bond donors (Lipinski definition) is 1. The molecule has 15 heavy (non-hydrogen) atoms. The average Bonchev–Trinajstić information content (AvgIpc) is 2.38. The number of nitrogens with zero attached hydrogens (tertiary/aromatic N) is 2. The fourth-order valence-corrected chi connectivity index (χ4v) is 2.15. The predicted molar refractivity (Wildman–Crippen MR) is 61.6 cm³/mol. The van der Waals surface area contributed by atoms with E-state index < -0.39 is 0 Å². The Balaban J connectivity index is 2.80. The first-order chi connectivity index (χ1) is 7.11. The second kappa shape index (κ2) is 5.47. The summed E-state index contributed by atoms with van der Waals surface area (Å²) in [6.45, 7) is 6.57. The van der Waals surface area contributed by atoms with E-state index in [4.69, 9.17) is 5.73 Å². The van der Waals surface area contributed by atoms with Crippen molar-refractivity contribution >= 4 is 5.91 Å². The van der Waals surface area contributed by atoms with Crippen molar-refractivity contribution in [3.05, 3.63) is 0 Å². The van der Waals surface area contributed by atoms with Crippen LogP contribution < -0.4 is 5.73 Å². The van der Waals surface area contributed by atoms with Gasteiger partial charge in [-0.3, -0.25) is 9.69 Å². The summed E-state index contributed by atoms with van der Waals surface area (Å²) < 4.78 is 0. The van der Waals surface area contributed by atoms with Crippen molar-refractivity contribution in [1.82, 2.24) is 9.80 Å². The summed E-state index contributed by atoms with van der Waals surface area (Å²) in [6, 6.07) is 0.321. The first-order valence-corrected chi connectivity index (χ1v) is 5.82. The van der Waals surface area contributed by atoms with E-state index in [1.54, 1.807) is 4.90 Å². The van der Waals surface area contributed by atoms with Gasteiger partial charge < -0.3 is 10.6 Å². The van der Waals surface area contributed by atoms with Gasteiger partial charge in [0.05, 0.1) is 0 Å². The van der Waals surface area contributed by atoms with Gasteiger partial charge in [-0.2, -0.15) is 0 Å². The highest BCUT2D eigenvalue weighted by atomic mass is 16.2. The van der Waals surface area contributed by atoms with Gasteiger partial charge in [-0.15, -0.1) is 0 Å². The minimum atomic E-state index is -0.118. The minimum Gasteiger partial charge on any atom is -0.344 e. The fraction of sp³-hybridized carbons (Fsp3) is 0.909. The van der Waals surface area contributed by atoms with E-state index >= 15 is 0 Å². The lowest BCUT2D eigenvalue weighted by Crippen LogP contribution is -2.52. The molecule has 2 atom stereocenters. The summed E-state index contributed by atoms with van der Waals surface area (Å²) in [4.78, 5) is 16.1. The molecule has 0 aromatic rings. The van der Waals surface area contributed by atoms with Gasteiger partial charge in [0.15, 0.2) is 0 Å². The Morgan fingerprint density at radius 1 is 1.53 bits per heavy atom. The Morgan fingerprint density at radius 3 is 2.73 bits per heavy atom. The van der Waals surface area contributed by atoms with Crippen molar-refractivity contribution in [2.75, 3.05) is 26.7 Å². The van der Waals surface area contributed by atoms with Gasteiger partial charge in [0.2, 0.25) is 5.91 Å². The average molecular weight is 213 g/mol. The van der Waals surface area contributed by atoms with Gasteiger partial charge in [0.25, 0.3) is 0 Å². The van der Waals surface area contributed by atoms with Crippen LogP contribution in [0.3, 0.4) is 0 Å². The maximum atomic E-state index is 12.0. The number of carbonyl (C=O) groups excluding carboxylic acids is 1. The first-order valence-electron chi connectivity index (χ1n) is 5.82. The maximum Gasteiger partial charge on any atom is 0.240 e. The van der Waals surface area contributed by atoms with Gasteiger partial charge in [-0.1, -0.05) is 6.92 Å². The van der Waals surface area contributed by atoms with Crippen LogP contribution >= 0.6 is 0 Å². The molecule has 4 nitrogen and oxygen atoms in total. The van der Waals surface area contributed by atoms with E-state index in [1.807, 2.05) is 7.05 Å². The molecule has 1 aliphatic rings. The second-order valence-corrected chi connectivity index (χ2v) is 4.36. The Labute approximate surface area is 92.4 Å². The zero-order valence-corrected chi connectivity index (χ0v) is 10.1. The third-order valence-corrected chi connectivity index (χ3v) is 3.35. The molecular weight excluding hydrogens is 190 g/mol. The molecule has 1 heterocycles. The summed E-state index contributed by atoms with van der Waals surface area (Å²) in [5, 5.41) is 0. The van der Waals surface area contributed by atoms with Gasteiger partial charge in [0, 0.05) is 32.7 Å². The van der Waals surface area contributed by atoms with Crippen molar-refractivity contribution in [2.24, 2.45) is 5.73 Å². The van der Waals surface area contributed by atoms with Crippen LogP contribution in [-0.2, 0) is 4.79 Å². The van der Waals surface area contributed by atoms with Crippen LogP contribution in [0, 0.1) is 0 Å². The van der Waals surface area contributed by atoms with E-state index in [2.05, 4.69) is 18.7 Å². The number of carbonyl (C=O) groups is 1.